The number of hydrogen-bond acceptors (Lipinski definition) is 52. The van der Waals surface area contributed by atoms with Crippen molar-refractivity contribution in [1.29, 1.82) is 0 Å². The van der Waals surface area contributed by atoms with E-state index in [9.17, 15) is 162 Å². The molecule has 0 spiro atoms. The maximum atomic E-state index is 13.2. The summed E-state index contributed by atoms with van der Waals surface area (Å²) in [6.07, 6.45) is -94.0. The lowest BCUT2D eigenvalue weighted by molar-refractivity contribution is -0.424. The summed E-state index contributed by atoms with van der Waals surface area (Å²) < 4.78 is 119. The second-order valence-electron chi connectivity index (χ2n) is 33.0. The first-order valence-electron chi connectivity index (χ1n) is 41.4. The zero-order valence-electron chi connectivity index (χ0n) is 70.0. The number of carbonyl (C=O) groups excluding carboxylic acids is 5. The number of aliphatic hydroxyl groups is 27. The summed E-state index contributed by atoms with van der Waals surface area (Å²) in [4.78, 5) is 63.5. The molecule has 746 valence electrons. The third-order valence-electron chi connectivity index (χ3n) is 24.0. The highest BCUT2D eigenvalue weighted by Gasteiger charge is 2.62. The van der Waals surface area contributed by atoms with E-state index >= 15 is 0 Å². The van der Waals surface area contributed by atoms with Crippen molar-refractivity contribution in [3.63, 3.8) is 0 Å². The van der Waals surface area contributed by atoms with Crippen LogP contribution in [0.25, 0.3) is 0 Å². The van der Waals surface area contributed by atoms with Gasteiger partial charge >= 0.3 is 5.97 Å². The number of carbonyl (C=O) groups is 5. The molecule has 0 aliphatic carbocycles. The van der Waals surface area contributed by atoms with Crippen LogP contribution >= 0.6 is 0 Å². The molecule has 23 unspecified atom stereocenters. The number of ether oxygens (including phenoxy) is 20. The van der Waals surface area contributed by atoms with E-state index in [2.05, 4.69) is 21.3 Å². The van der Waals surface area contributed by atoms with Crippen molar-refractivity contribution >= 4 is 30.1 Å². The summed E-state index contributed by atoms with van der Waals surface area (Å²) in [7, 11) is 0. The van der Waals surface area contributed by atoms with Crippen LogP contribution in [0.1, 0.15) is 48.0 Å². The molecule has 56 nitrogen and oxygen atoms in total. The Labute approximate surface area is 732 Å². The first kappa shape index (κ1) is 107. The largest absolute Gasteiger partial charge is 0.410 e. The zero-order valence-corrected chi connectivity index (χ0v) is 70.0. The number of hydrogen-bond donors (Lipinski definition) is 31. The van der Waals surface area contributed by atoms with Gasteiger partial charge in [-0.15, -0.1) is 0 Å². The highest BCUT2D eigenvalue weighted by atomic mass is 16.9. The summed E-state index contributed by atoms with van der Waals surface area (Å²) in [5, 5.41) is 313. The monoisotopic (exact) mass is 1890 g/mol. The van der Waals surface area contributed by atoms with Gasteiger partial charge in [0.05, 0.1) is 96.8 Å². The van der Waals surface area contributed by atoms with Crippen LogP contribution in [0.15, 0.2) is 0 Å². The smallest absolute Gasteiger partial charge is 0.332 e. The lowest BCUT2D eigenvalue weighted by atomic mass is 9.87. The minimum atomic E-state index is -2.67. The minimum absolute atomic E-state index is 0.197. The van der Waals surface area contributed by atoms with Crippen LogP contribution < -0.4 is 21.3 Å². The lowest BCUT2D eigenvalue weighted by Crippen LogP contribution is -2.71. The second-order valence-corrected chi connectivity index (χ2v) is 33.0. The number of aliphatic hydroxyl groups excluding tert-OH is 27. The molecule has 0 aromatic heterocycles. The number of rotatable bonds is 36. The van der Waals surface area contributed by atoms with E-state index < -0.39 is 408 Å². The van der Waals surface area contributed by atoms with Crippen LogP contribution in [0.5, 0.6) is 0 Å². The van der Waals surface area contributed by atoms with Gasteiger partial charge in [0, 0.05) is 33.6 Å². The maximum absolute atomic E-state index is 13.2. The molecule has 0 saturated carbocycles. The second kappa shape index (κ2) is 46.6. The van der Waals surface area contributed by atoms with Gasteiger partial charge < -0.3 is 254 Å². The van der Waals surface area contributed by atoms with Gasteiger partial charge in [-0.2, -0.15) is 0 Å². The summed E-state index contributed by atoms with van der Waals surface area (Å²) >= 11 is 0. The maximum Gasteiger partial charge on any atom is 0.332 e. The average molecular weight is 1890 g/mol. The Hall–Kier alpha value is -4.49. The predicted molar refractivity (Wildman–Crippen MR) is 399 cm³/mol. The van der Waals surface area contributed by atoms with Crippen LogP contribution in [0.2, 0.25) is 0 Å². The molecule has 0 radical (unpaired) electrons. The first-order valence-corrected chi connectivity index (χ1v) is 41.4. The lowest BCUT2D eigenvalue weighted by Gasteiger charge is -2.51. The Bertz CT molecular complexity index is 3520. The van der Waals surface area contributed by atoms with Gasteiger partial charge in [-0.3, -0.25) is 24.0 Å². The van der Waals surface area contributed by atoms with Crippen molar-refractivity contribution in [2.75, 3.05) is 66.1 Å². The third-order valence-corrected chi connectivity index (χ3v) is 24.0. The van der Waals surface area contributed by atoms with E-state index in [1.807, 2.05) is 0 Å². The van der Waals surface area contributed by atoms with E-state index in [-0.39, 0.29) is 6.47 Å². The Balaban J connectivity index is 0.960. The molecular weight excluding hydrogens is 1760 g/mol. The van der Waals surface area contributed by atoms with E-state index in [0.29, 0.717) is 0 Å². The van der Waals surface area contributed by atoms with Gasteiger partial charge in [-0.05, 0) is 6.92 Å². The molecule has 56 heteroatoms. The molecule has 10 aliphatic heterocycles. The summed E-state index contributed by atoms with van der Waals surface area (Å²) in [6, 6.07) is -7.14. The average Bonchev–Trinajstić information content (AvgIpc) is 0.771. The van der Waals surface area contributed by atoms with Crippen LogP contribution in [-0.4, -0.2) is 540 Å². The van der Waals surface area contributed by atoms with Crippen molar-refractivity contribution in [2.24, 2.45) is 5.92 Å². The van der Waals surface area contributed by atoms with E-state index in [1.54, 1.807) is 0 Å². The highest BCUT2D eigenvalue weighted by molar-refractivity contribution is 5.74. The fourth-order valence-electron chi connectivity index (χ4n) is 16.9. The van der Waals surface area contributed by atoms with Crippen molar-refractivity contribution in [3.05, 3.63) is 0 Å². The normalized spacial score (nSPS) is 48.1. The highest BCUT2D eigenvalue weighted by Crippen LogP contribution is 2.43. The predicted octanol–water partition coefficient (Wildman–Crippen LogP) is -20.6. The van der Waals surface area contributed by atoms with E-state index in [4.69, 9.17) is 94.7 Å². The summed E-state index contributed by atoms with van der Waals surface area (Å²) in [5.41, 5.74) is 0. The number of amides is 4. The SMILES string of the molecule is CC(=O)NC1C(O)[C@H](O[C@@H]2OC(CO)[C@H](O)[C@H](O)C2O)C(CO)O[C@H]1OC1[C@@H](OCC2O[C@@H](O[C@@H]3C(CO)O[C@@H](O[C@@H]4C(CO)O[C@@H](C)C(NC(C)=O)[C@H]4O)C(NC(C)=O)[C@H]3O)C(O)[C@@H](O[C@H]3O[C@@H](CO)C(O)C(O)C3O[C@@H]3OC(CO)[C@@H](O[C@@H]4OC(CO[C@]5(OC=O)CC(O)[C@@H](C)C([C@@H](O)C(O)CO)O5)[C@H](O)[C@H](O)C4O)[C@H](O)C3NC(C)=O)[C@@H]2O)OC(CO)[C@@H](O)[C@@H]1O. The molecule has 10 fully saturated rings. The Morgan fingerprint density at radius 3 is 1.07 bits per heavy atom. The Kier molecular flexibility index (Phi) is 38.5. The molecule has 0 bridgehead atoms. The molecule has 10 saturated heterocycles. The fraction of sp³-hybridized carbons (Fsp3) is 0.932. The third kappa shape index (κ3) is 23.9. The zero-order chi connectivity index (χ0) is 95.1. The molecule has 10 rings (SSSR count). The van der Waals surface area contributed by atoms with Gasteiger partial charge in [0.25, 0.3) is 6.47 Å². The fourth-order valence-corrected chi connectivity index (χ4v) is 16.9. The number of nitrogens with one attached hydrogen (secondary N) is 4. The molecule has 51 atom stereocenters. The van der Waals surface area contributed by atoms with Crippen LogP contribution in [-0.2, 0) is 119 Å². The molecule has 10 aliphatic rings. The van der Waals surface area contributed by atoms with Gasteiger partial charge in [0.15, 0.2) is 50.3 Å². The van der Waals surface area contributed by atoms with Gasteiger partial charge in [0.2, 0.25) is 23.6 Å². The summed E-state index contributed by atoms with van der Waals surface area (Å²) in [6.45, 7) is -4.53. The minimum Gasteiger partial charge on any atom is -0.410 e. The van der Waals surface area contributed by atoms with E-state index in [0.717, 1.165) is 27.7 Å². The van der Waals surface area contributed by atoms with Gasteiger partial charge in [-0.1, -0.05) is 6.92 Å². The van der Waals surface area contributed by atoms with Crippen molar-refractivity contribution in [2.45, 2.75) is 354 Å². The van der Waals surface area contributed by atoms with Crippen molar-refractivity contribution in [3.8, 4) is 0 Å². The molecule has 0 aromatic carbocycles. The first-order chi connectivity index (χ1) is 61.0. The van der Waals surface area contributed by atoms with Gasteiger partial charge in [-0.25, -0.2) is 0 Å². The Morgan fingerprint density at radius 2 is 0.667 bits per heavy atom. The van der Waals surface area contributed by atoms with Crippen molar-refractivity contribution in [1.82, 2.24) is 21.3 Å². The molecule has 4 amide bonds. The summed E-state index contributed by atoms with van der Waals surface area (Å²) in [5.74, 6) is -7.27. The molecule has 31 N–H and O–H groups in total. The molecule has 10 heterocycles. The van der Waals surface area contributed by atoms with Crippen LogP contribution in [0, 0.1) is 5.92 Å². The molecule has 0 aromatic rings. The van der Waals surface area contributed by atoms with Gasteiger partial charge in [0.1, 0.15) is 226 Å². The van der Waals surface area contributed by atoms with Crippen LogP contribution in [0.4, 0.5) is 0 Å². The van der Waals surface area contributed by atoms with E-state index in [1.165, 1.54) is 13.8 Å². The van der Waals surface area contributed by atoms with Crippen LogP contribution in [0.3, 0.4) is 0 Å². The molecular formula is C73H122N4O52. The van der Waals surface area contributed by atoms with Crippen molar-refractivity contribution < 1.29 is 257 Å². The standard InChI is InChI=1S/C73H122N4O52/c1-19-25(91)7-73(112-18-86,129-57(19)40(93)26(92)8-78)111-17-35-44(97)51(104)55(108)69(121-35)124-60-32(14-84)119-67(39(49(60)102)77-24(6)90)128-64-53(106)43(96)29(11-81)116-72(64)126-62-45(98)34(120-70(56(62)109)125-61-33(15-85)117-65(37(47(61)100)75-22(4)88)122-58-30(12-82)113-20(2)36(46(58)99)74-21(3)87)16-110-71-63(52(105)42(95)28(10-80)115-71)127-66-38(76-23(5)89)48(101)59(31(13-83)118-66)123-68-54(107)50(103)41(94)27(9-79)114-68/h18-20,25-72,78-85,91-109H,7-17H2,1-6H3,(H,74,87)(H,75,88)(H,76,89)(H,77,90)/t19-,20+,25?,26?,27?,28?,29+,30?,31?,32?,33?,34?,35?,36?,37?,38?,39?,40+,41+,42-,43?,44+,45-,46-,47-,48?,49-,50+,51+,52+,53?,54?,55?,56?,57?,58-,59-,60-,61-,62+,63?,64?,65+,66+,67+,68+,69+,70+,71+,72-,73+/m1/s1. The Morgan fingerprint density at radius 1 is 0.349 bits per heavy atom. The quantitative estimate of drug-likeness (QED) is 0.0205. The molecule has 129 heavy (non-hydrogen) atoms. The topological polar surface area (TPSA) is 864 Å².